The Labute approximate surface area is 129 Å². The van der Waals surface area contributed by atoms with Crippen LogP contribution >= 0.6 is 24.8 Å². The molecule has 0 radical (unpaired) electrons. The van der Waals surface area contributed by atoms with Crippen LogP contribution in [0, 0.1) is 6.92 Å². The number of benzene rings is 1. The van der Waals surface area contributed by atoms with Crippen LogP contribution in [-0.2, 0) is 0 Å². The minimum Gasteiger partial charge on any atom is -0.384 e. The van der Waals surface area contributed by atoms with Gasteiger partial charge in [0.15, 0.2) is 0 Å². The molecule has 0 spiro atoms. The molecule has 0 amide bonds. The molecular formula is C14H25Cl2N3. The molecule has 0 unspecified atom stereocenters. The Kier molecular flexibility index (Phi) is 12.0. The van der Waals surface area contributed by atoms with E-state index in [9.17, 15) is 0 Å². The fourth-order valence-electron chi connectivity index (χ4n) is 1.67. The highest BCUT2D eigenvalue weighted by Gasteiger charge is 1.99. The predicted molar refractivity (Wildman–Crippen MR) is 89.1 cm³/mol. The second-order valence-electron chi connectivity index (χ2n) is 4.16. The Balaban J connectivity index is 0. The third-order valence-corrected chi connectivity index (χ3v) is 2.94. The van der Waals surface area contributed by atoms with E-state index < -0.39 is 0 Å². The van der Waals surface area contributed by atoms with Crippen molar-refractivity contribution in [2.24, 2.45) is 10.7 Å². The van der Waals surface area contributed by atoms with Crippen molar-refractivity contribution >= 4 is 30.6 Å². The van der Waals surface area contributed by atoms with E-state index >= 15 is 0 Å². The molecule has 0 heterocycles. The molecule has 2 N–H and O–H groups in total. The van der Waals surface area contributed by atoms with E-state index in [-0.39, 0.29) is 24.8 Å². The highest BCUT2D eigenvalue weighted by Crippen LogP contribution is 2.02. The van der Waals surface area contributed by atoms with Crippen molar-refractivity contribution < 1.29 is 0 Å². The van der Waals surface area contributed by atoms with Gasteiger partial charge in [-0.2, -0.15) is 0 Å². The molecule has 0 saturated heterocycles. The highest BCUT2D eigenvalue weighted by molar-refractivity contribution is 5.97. The molecular weight excluding hydrogens is 281 g/mol. The summed E-state index contributed by atoms with van der Waals surface area (Å²) in [5.74, 6) is 0.636. The monoisotopic (exact) mass is 305 g/mol. The molecule has 0 aliphatic rings. The van der Waals surface area contributed by atoms with Gasteiger partial charge in [0.1, 0.15) is 5.84 Å². The van der Waals surface area contributed by atoms with Gasteiger partial charge in [0.05, 0.1) is 6.54 Å². The molecule has 3 nitrogen and oxygen atoms in total. The maximum atomic E-state index is 5.95. The van der Waals surface area contributed by atoms with Gasteiger partial charge in [0.2, 0.25) is 0 Å². The van der Waals surface area contributed by atoms with Crippen molar-refractivity contribution in [2.45, 2.75) is 20.8 Å². The number of hydrogen-bond acceptors (Lipinski definition) is 2. The number of nitrogens with two attached hydrogens (primary N) is 1. The summed E-state index contributed by atoms with van der Waals surface area (Å²) >= 11 is 0. The molecule has 1 aromatic rings. The number of nitrogens with zero attached hydrogens (tertiary/aromatic N) is 2. The van der Waals surface area contributed by atoms with Crippen molar-refractivity contribution in [1.82, 2.24) is 4.90 Å². The summed E-state index contributed by atoms with van der Waals surface area (Å²) in [4.78, 5) is 6.75. The molecule has 19 heavy (non-hydrogen) atoms. The number of aliphatic imine (C=N–C) groups is 1. The molecule has 5 heteroatoms. The fourth-order valence-corrected chi connectivity index (χ4v) is 1.67. The van der Waals surface area contributed by atoms with Crippen LogP contribution in [0.25, 0.3) is 0 Å². The second kappa shape index (κ2) is 11.1. The zero-order valence-corrected chi connectivity index (χ0v) is 13.6. The summed E-state index contributed by atoms with van der Waals surface area (Å²) in [5, 5.41) is 0. The van der Waals surface area contributed by atoms with E-state index in [2.05, 4.69) is 42.8 Å². The lowest BCUT2D eigenvalue weighted by Gasteiger charge is -2.16. The van der Waals surface area contributed by atoms with Gasteiger partial charge in [-0.3, -0.25) is 4.99 Å². The van der Waals surface area contributed by atoms with Crippen LogP contribution in [0.2, 0.25) is 0 Å². The van der Waals surface area contributed by atoms with Gasteiger partial charge >= 0.3 is 0 Å². The Morgan fingerprint density at radius 3 is 2.11 bits per heavy atom. The molecule has 0 aromatic heterocycles. The van der Waals surface area contributed by atoms with Crippen LogP contribution in [0.4, 0.5) is 0 Å². The van der Waals surface area contributed by atoms with Crippen LogP contribution < -0.4 is 5.73 Å². The van der Waals surface area contributed by atoms with Crippen molar-refractivity contribution in [1.29, 1.82) is 0 Å². The number of rotatable bonds is 6. The summed E-state index contributed by atoms with van der Waals surface area (Å²) in [7, 11) is 0. The summed E-state index contributed by atoms with van der Waals surface area (Å²) in [5.41, 5.74) is 8.20. The molecule has 0 bridgehead atoms. The molecule has 1 aromatic carbocycles. The van der Waals surface area contributed by atoms with Gasteiger partial charge in [-0.05, 0) is 20.0 Å². The standard InChI is InChI=1S/C14H23N3.2ClH/c1-4-17(5-2)11-10-16-14(15)13-8-6-12(3)7-9-13;;/h6-9H,4-5,10-11H2,1-3H3,(H2,15,16);2*1H. The summed E-state index contributed by atoms with van der Waals surface area (Å²) in [6.07, 6.45) is 0. The summed E-state index contributed by atoms with van der Waals surface area (Å²) in [6.45, 7) is 10.3. The third kappa shape index (κ3) is 7.41. The Bertz CT molecular complexity index is 359. The SMILES string of the molecule is CCN(CC)CCN=C(N)c1ccc(C)cc1.Cl.Cl. The Morgan fingerprint density at radius 1 is 1.11 bits per heavy atom. The average Bonchev–Trinajstić information content (AvgIpc) is 2.35. The molecule has 0 atom stereocenters. The molecule has 0 aliphatic carbocycles. The first-order valence-electron chi connectivity index (χ1n) is 6.26. The van der Waals surface area contributed by atoms with Gasteiger partial charge in [0.25, 0.3) is 0 Å². The maximum absolute atomic E-state index is 5.95. The lowest BCUT2D eigenvalue weighted by molar-refractivity contribution is 0.313. The van der Waals surface area contributed by atoms with Gasteiger partial charge in [0, 0.05) is 12.1 Å². The minimum atomic E-state index is 0. The normalized spacial score (nSPS) is 10.8. The number of aryl methyl sites for hydroxylation is 1. The largest absolute Gasteiger partial charge is 0.384 e. The summed E-state index contributed by atoms with van der Waals surface area (Å²) < 4.78 is 0. The van der Waals surface area contributed by atoms with Crippen LogP contribution in [0.5, 0.6) is 0 Å². The molecule has 0 saturated carbocycles. The molecule has 110 valence electrons. The van der Waals surface area contributed by atoms with Crippen LogP contribution in [0.1, 0.15) is 25.0 Å². The van der Waals surface area contributed by atoms with E-state index in [1.54, 1.807) is 0 Å². The van der Waals surface area contributed by atoms with E-state index in [1.165, 1.54) is 5.56 Å². The van der Waals surface area contributed by atoms with E-state index in [4.69, 9.17) is 5.73 Å². The smallest absolute Gasteiger partial charge is 0.125 e. The van der Waals surface area contributed by atoms with E-state index in [0.717, 1.165) is 31.7 Å². The number of amidine groups is 1. The zero-order valence-electron chi connectivity index (χ0n) is 11.9. The maximum Gasteiger partial charge on any atom is 0.125 e. The van der Waals surface area contributed by atoms with Crippen molar-refractivity contribution in [3.05, 3.63) is 35.4 Å². The van der Waals surface area contributed by atoms with Crippen molar-refractivity contribution in [3.63, 3.8) is 0 Å². The van der Waals surface area contributed by atoms with Gasteiger partial charge in [-0.15, -0.1) is 24.8 Å². The van der Waals surface area contributed by atoms with E-state index in [0.29, 0.717) is 5.84 Å². The topological polar surface area (TPSA) is 41.6 Å². The quantitative estimate of drug-likeness (QED) is 0.648. The fraction of sp³-hybridized carbons (Fsp3) is 0.500. The van der Waals surface area contributed by atoms with Crippen molar-refractivity contribution in [2.75, 3.05) is 26.2 Å². The molecule has 1 rings (SSSR count). The number of hydrogen-bond donors (Lipinski definition) is 1. The van der Waals surface area contributed by atoms with Crippen molar-refractivity contribution in [3.8, 4) is 0 Å². The minimum absolute atomic E-state index is 0. The van der Waals surface area contributed by atoms with Gasteiger partial charge in [-0.1, -0.05) is 43.7 Å². The Hall–Kier alpha value is -0.770. The average molecular weight is 306 g/mol. The molecule has 0 aliphatic heterocycles. The van der Waals surface area contributed by atoms with E-state index in [1.807, 2.05) is 12.1 Å². The molecule has 0 fully saturated rings. The van der Waals surface area contributed by atoms with Crippen LogP contribution in [0.3, 0.4) is 0 Å². The van der Waals surface area contributed by atoms with Gasteiger partial charge < -0.3 is 10.6 Å². The first-order chi connectivity index (χ1) is 8.17. The Morgan fingerprint density at radius 2 is 1.63 bits per heavy atom. The first-order valence-corrected chi connectivity index (χ1v) is 6.26. The second-order valence-corrected chi connectivity index (χ2v) is 4.16. The number of likely N-dealkylation sites (N-methyl/N-ethyl adjacent to an activating group) is 1. The zero-order chi connectivity index (χ0) is 12.7. The first kappa shape index (κ1) is 20.5. The van der Waals surface area contributed by atoms with Crippen LogP contribution in [-0.4, -0.2) is 36.9 Å². The van der Waals surface area contributed by atoms with Crippen LogP contribution in [0.15, 0.2) is 29.3 Å². The van der Waals surface area contributed by atoms with Gasteiger partial charge in [-0.25, -0.2) is 0 Å². The lowest BCUT2D eigenvalue weighted by atomic mass is 10.1. The lowest BCUT2D eigenvalue weighted by Crippen LogP contribution is -2.26. The number of halogens is 2. The summed E-state index contributed by atoms with van der Waals surface area (Å²) in [6, 6.07) is 8.15. The third-order valence-electron chi connectivity index (χ3n) is 2.94. The predicted octanol–water partition coefficient (Wildman–Crippen LogP) is 2.89. The highest BCUT2D eigenvalue weighted by atomic mass is 35.5.